The Hall–Kier alpha value is -3.53. The van der Waals surface area contributed by atoms with Crippen molar-refractivity contribution in [1.82, 2.24) is 9.55 Å². The van der Waals surface area contributed by atoms with E-state index in [2.05, 4.69) is 9.98 Å². The third-order valence-electron chi connectivity index (χ3n) is 4.21. The first kappa shape index (κ1) is 16.0. The van der Waals surface area contributed by atoms with Crippen molar-refractivity contribution in [3.63, 3.8) is 0 Å². The fourth-order valence-electron chi connectivity index (χ4n) is 2.92. The molecule has 3 aromatic carbocycles. The van der Waals surface area contributed by atoms with Crippen LogP contribution in [0.2, 0.25) is 0 Å². The van der Waals surface area contributed by atoms with E-state index in [9.17, 15) is 4.79 Å². The second kappa shape index (κ2) is 6.76. The SMILES string of the molecule is Cc1nc2ccccc2c(=O)n1-c1ccc(N=Cc2ccccc2)cc1. The number of aliphatic imine (C=N–C) groups is 1. The quantitative estimate of drug-likeness (QED) is 0.518. The van der Waals surface area contributed by atoms with Crippen molar-refractivity contribution in [2.75, 3.05) is 0 Å². The van der Waals surface area contributed by atoms with E-state index in [0.29, 0.717) is 11.2 Å². The summed E-state index contributed by atoms with van der Waals surface area (Å²) in [5.41, 5.74) is 3.31. The molecule has 1 aromatic heterocycles. The molecule has 4 heteroatoms. The Morgan fingerprint density at radius 1 is 0.885 bits per heavy atom. The molecular formula is C22H17N3O. The highest BCUT2D eigenvalue weighted by molar-refractivity contribution is 5.82. The third-order valence-corrected chi connectivity index (χ3v) is 4.21. The average molecular weight is 339 g/mol. The maximum Gasteiger partial charge on any atom is 0.265 e. The van der Waals surface area contributed by atoms with Gasteiger partial charge in [0.1, 0.15) is 5.82 Å². The first-order chi connectivity index (χ1) is 12.7. The Morgan fingerprint density at radius 3 is 2.35 bits per heavy atom. The van der Waals surface area contributed by atoms with Crippen LogP contribution in [0.5, 0.6) is 0 Å². The molecule has 0 spiro atoms. The third kappa shape index (κ3) is 3.05. The van der Waals surface area contributed by atoms with Crippen molar-refractivity contribution in [3.8, 4) is 5.69 Å². The molecule has 0 unspecified atom stereocenters. The maximum absolute atomic E-state index is 12.8. The van der Waals surface area contributed by atoms with Crippen LogP contribution < -0.4 is 5.56 Å². The van der Waals surface area contributed by atoms with Crippen LogP contribution >= 0.6 is 0 Å². The topological polar surface area (TPSA) is 47.2 Å². The van der Waals surface area contributed by atoms with Gasteiger partial charge in [-0.1, -0.05) is 42.5 Å². The first-order valence-electron chi connectivity index (χ1n) is 8.40. The van der Waals surface area contributed by atoms with Gasteiger partial charge in [0, 0.05) is 6.21 Å². The molecule has 0 saturated carbocycles. The Morgan fingerprint density at radius 2 is 1.58 bits per heavy atom. The lowest BCUT2D eigenvalue weighted by Crippen LogP contribution is -2.22. The molecule has 4 nitrogen and oxygen atoms in total. The van der Waals surface area contributed by atoms with Gasteiger partial charge in [-0.25, -0.2) is 4.98 Å². The molecule has 1 heterocycles. The van der Waals surface area contributed by atoms with Crippen molar-refractivity contribution in [2.45, 2.75) is 6.92 Å². The summed E-state index contributed by atoms with van der Waals surface area (Å²) in [4.78, 5) is 21.9. The molecule has 0 saturated heterocycles. The summed E-state index contributed by atoms with van der Waals surface area (Å²) in [6, 6.07) is 24.9. The van der Waals surface area contributed by atoms with Crippen molar-refractivity contribution in [3.05, 3.63) is 101 Å². The molecule has 4 rings (SSSR count). The van der Waals surface area contributed by atoms with Crippen molar-refractivity contribution in [1.29, 1.82) is 0 Å². The van der Waals surface area contributed by atoms with Crippen LogP contribution in [0.4, 0.5) is 5.69 Å². The van der Waals surface area contributed by atoms with Crippen LogP contribution in [0.3, 0.4) is 0 Å². The highest BCUT2D eigenvalue weighted by atomic mass is 16.1. The second-order valence-electron chi connectivity index (χ2n) is 6.00. The van der Waals surface area contributed by atoms with Gasteiger partial charge >= 0.3 is 0 Å². The predicted octanol–water partition coefficient (Wildman–Crippen LogP) is 4.44. The van der Waals surface area contributed by atoms with Gasteiger partial charge in [0.15, 0.2) is 0 Å². The lowest BCUT2D eigenvalue weighted by molar-refractivity contribution is 0.895. The van der Waals surface area contributed by atoms with Crippen molar-refractivity contribution < 1.29 is 0 Å². The van der Waals surface area contributed by atoms with Crippen molar-refractivity contribution >= 4 is 22.8 Å². The molecular weight excluding hydrogens is 322 g/mol. The Kier molecular flexibility index (Phi) is 4.15. The summed E-state index contributed by atoms with van der Waals surface area (Å²) in [6.45, 7) is 1.84. The highest BCUT2D eigenvalue weighted by Gasteiger charge is 2.09. The van der Waals surface area contributed by atoms with Gasteiger partial charge < -0.3 is 0 Å². The number of benzene rings is 3. The molecule has 0 radical (unpaired) electrons. The molecule has 0 amide bonds. The van der Waals surface area contributed by atoms with Gasteiger partial charge in [-0.3, -0.25) is 14.4 Å². The molecule has 4 aromatic rings. The molecule has 0 aliphatic carbocycles. The van der Waals surface area contributed by atoms with Gasteiger partial charge in [-0.05, 0) is 48.9 Å². The molecule has 0 aliphatic heterocycles. The normalized spacial score (nSPS) is 11.3. The zero-order valence-electron chi connectivity index (χ0n) is 14.3. The van der Waals surface area contributed by atoms with Crippen LogP contribution in [0.25, 0.3) is 16.6 Å². The maximum atomic E-state index is 12.8. The van der Waals surface area contributed by atoms with E-state index in [-0.39, 0.29) is 5.56 Å². The summed E-state index contributed by atoms with van der Waals surface area (Å²) in [5.74, 6) is 0.661. The van der Waals surface area contributed by atoms with E-state index < -0.39 is 0 Å². The van der Waals surface area contributed by atoms with E-state index in [1.165, 1.54) is 0 Å². The Balaban J connectivity index is 1.70. The van der Waals surface area contributed by atoms with Gasteiger partial charge in [-0.15, -0.1) is 0 Å². The number of fused-ring (bicyclic) bond motifs is 1. The summed E-state index contributed by atoms with van der Waals surface area (Å²) in [6.07, 6.45) is 1.82. The molecule has 0 N–H and O–H groups in total. The average Bonchev–Trinajstić information content (AvgIpc) is 2.68. The zero-order valence-corrected chi connectivity index (χ0v) is 14.3. The van der Waals surface area contributed by atoms with Gasteiger partial charge in [-0.2, -0.15) is 0 Å². The number of para-hydroxylation sites is 1. The van der Waals surface area contributed by atoms with Crippen LogP contribution in [0.15, 0.2) is 88.6 Å². The summed E-state index contributed by atoms with van der Waals surface area (Å²) in [5, 5.41) is 0.615. The number of rotatable bonds is 3. The largest absolute Gasteiger partial charge is 0.268 e. The zero-order chi connectivity index (χ0) is 17.9. The van der Waals surface area contributed by atoms with Gasteiger partial charge in [0.25, 0.3) is 5.56 Å². The molecule has 0 aliphatic rings. The number of hydrogen-bond donors (Lipinski definition) is 0. The van der Waals surface area contributed by atoms with E-state index in [1.807, 2.05) is 85.9 Å². The minimum absolute atomic E-state index is 0.0614. The lowest BCUT2D eigenvalue weighted by Gasteiger charge is -2.10. The first-order valence-corrected chi connectivity index (χ1v) is 8.40. The van der Waals surface area contributed by atoms with Gasteiger partial charge in [0.2, 0.25) is 0 Å². The minimum Gasteiger partial charge on any atom is -0.268 e. The fraction of sp³-hybridized carbons (Fsp3) is 0.0455. The predicted molar refractivity (Wildman–Crippen MR) is 106 cm³/mol. The van der Waals surface area contributed by atoms with Crippen molar-refractivity contribution in [2.24, 2.45) is 4.99 Å². The monoisotopic (exact) mass is 339 g/mol. The molecule has 126 valence electrons. The summed E-state index contributed by atoms with van der Waals surface area (Å²) >= 11 is 0. The van der Waals surface area contributed by atoms with E-state index in [4.69, 9.17) is 0 Å². The van der Waals surface area contributed by atoms with Crippen LogP contribution in [0.1, 0.15) is 11.4 Å². The molecule has 0 bridgehead atoms. The molecule has 0 fully saturated rings. The smallest absolute Gasteiger partial charge is 0.265 e. The number of aromatic nitrogens is 2. The number of hydrogen-bond acceptors (Lipinski definition) is 3. The fourth-order valence-corrected chi connectivity index (χ4v) is 2.92. The van der Waals surface area contributed by atoms with Crippen LogP contribution in [0, 0.1) is 6.92 Å². The van der Waals surface area contributed by atoms with Crippen LogP contribution in [-0.2, 0) is 0 Å². The highest BCUT2D eigenvalue weighted by Crippen LogP contribution is 2.17. The Bertz CT molecular complexity index is 1140. The molecule has 0 atom stereocenters. The standard InChI is InChI=1S/C22H17N3O/c1-16-24-21-10-6-5-9-20(21)22(26)25(16)19-13-11-18(12-14-19)23-15-17-7-3-2-4-8-17/h2-15H,1H3. The minimum atomic E-state index is -0.0614. The van der Waals surface area contributed by atoms with Gasteiger partial charge in [0.05, 0.1) is 22.3 Å². The number of nitrogens with zero attached hydrogens (tertiary/aromatic N) is 3. The second-order valence-corrected chi connectivity index (χ2v) is 6.00. The lowest BCUT2D eigenvalue weighted by atomic mass is 10.2. The van der Waals surface area contributed by atoms with E-state index in [1.54, 1.807) is 10.6 Å². The molecule has 26 heavy (non-hydrogen) atoms. The summed E-state index contributed by atoms with van der Waals surface area (Å²) in [7, 11) is 0. The number of aryl methyl sites for hydroxylation is 1. The Labute approximate surface area is 151 Å². The van der Waals surface area contributed by atoms with E-state index >= 15 is 0 Å². The van der Waals surface area contributed by atoms with E-state index in [0.717, 1.165) is 22.5 Å². The van der Waals surface area contributed by atoms with Crippen LogP contribution in [-0.4, -0.2) is 15.8 Å². The summed E-state index contributed by atoms with van der Waals surface area (Å²) < 4.78 is 1.63.